The number of nitrogens with one attached hydrogen (secondary N) is 1. The monoisotopic (exact) mass is 461 g/mol. The van der Waals surface area contributed by atoms with Gasteiger partial charge in [-0.15, -0.1) is 0 Å². The van der Waals surface area contributed by atoms with E-state index in [9.17, 15) is 14.7 Å². The summed E-state index contributed by atoms with van der Waals surface area (Å²) in [4.78, 5) is 30.5. The number of hydrogen-bond acceptors (Lipinski definition) is 5. The molecule has 0 bridgehead atoms. The predicted octanol–water partition coefficient (Wildman–Crippen LogP) is 4.32. The van der Waals surface area contributed by atoms with Crippen LogP contribution in [0.4, 0.5) is 4.79 Å². The van der Waals surface area contributed by atoms with E-state index in [0.29, 0.717) is 6.42 Å². The Balaban J connectivity index is 2.26. The molecule has 0 fully saturated rings. The van der Waals surface area contributed by atoms with Crippen LogP contribution in [0.1, 0.15) is 72.4 Å². The van der Waals surface area contributed by atoms with Crippen LogP contribution >= 0.6 is 0 Å². The summed E-state index contributed by atoms with van der Waals surface area (Å²) in [7, 11) is 0. The minimum atomic E-state index is -0.668. The molecule has 2 atom stereocenters. The molecule has 2 rings (SSSR count). The van der Waals surface area contributed by atoms with E-state index in [1.165, 1.54) is 4.90 Å². The highest BCUT2D eigenvalue weighted by molar-refractivity contribution is 5.87. The van der Waals surface area contributed by atoms with Gasteiger partial charge in [-0.25, -0.2) is 4.79 Å². The van der Waals surface area contributed by atoms with Crippen molar-refractivity contribution in [1.82, 2.24) is 15.1 Å². The van der Waals surface area contributed by atoms with Gasteiger partial charge in [0.1, 0.15) is 17.4 Å². The molecule has 2 N–H and O–H groups in total. The first-order valence-electron chi connectivity index (χ1n) is 12.3. The molecule has 186 valence electrons. The Morgan fingerprint density at radius 3 is 2.36 bits per heavy atom. The van der Waals surface area contributed by atoms with E-state index < -0.39 is 17.7 Å². The number of benzene rings is 1. The second-order valence-corrected chi connectivity index (χ2v) is 10.4. The van der Waals surface area contributed by atoms with Crippen LogP contribution in [0.25, 0.3) is 0 Å². The third-order valence-electron chi connectivity index (χ3n) is 5.92. The fourth-order valence-corrected chi connectivity index (χ4v) is 4.22. The number of aromatic hydroxyl groups is 1. The molecule has 2 amide bonds. The van der Waals surface area contributed by atoms with E-state index in [2.05, 4.69) is 37.9 Å². The van der Waals surface area contributed by atoms with Crippen molar-refractivity contribution in [3.8, 4) is 5.75 Å². The maximum Gasteiger partial charge on any atom is 0.411 e. The molecule has 7 heteroatoms. The molecule has 0 saturated heterocycles. The first-order chi connectivity index (χ1) is 15.4. The smallest absolute Gasteiger partial charge is 0.411 e. The zero-order valence-corrected chi connectivity index (χ0v) is 21.5. The average Bonchev–Trinajstić information content (AvgIpc) is 2.71. The molecule has 0 radical (unpaired) electrons. The van der Waals surface area contributed by atoms with E-state index in [1.807, 2.05) is 26.8 Å². The quantitative estimate of drug-likeness (QED) is 0.572. The zero-order valence-electron chi connectivity index (χ0n) is 21.5. The molecule has 1 aromatic rings. The highest BCUT2D eigenvalue weighted by Gasteiger charge is 2.38. The fourth-order valence-electron chi connectivity index (χ4n) is 4.22. The number of hydrogen-bond donors (Lipinski definition) is 2. The van der Waals surface area contributed by atoms with Gasteiger partial charge in [0.05, 0.1) is 6.54 Å². The Morgan fingerprint density at radius 2 is 1.82 bits per heavy atom. The number of phenolic OH excluding ortho intramolecular Hbond substituents is 1. The topological polar surface area (TPSA) is 82.1 Å². The molecule has 0 saturated carbocycles. The first kappa shape index (κ1) is 27.0. The number of fused-ring (bicyclic) bond motifs is 1. The van der Waals surface area contributed by atoms with Gasteiger partial charge in [0.25, 0.3) is 0 Å². The minimum absolute atomic E-state index is 0.0164. The molecule has 1 aromatic carbocycles. The number of rotatable bonds is 9. The second-order valence-electron chi connectivity index (χ2n) is 10.4. The Kier molecular flexibility index (Phi) is 9.58. The lowest BCUT2D eigenvalue weighted by atomic mass is 9.93. The lowest BCUT2D eigenvalue weighted by Crippen LogP contribution is -2.57. The molecule has 1 aliphatic heterocycles. The van der Waals surface area contributed by atoms with E-state index >= 15 is 0 Å². The first-order valence-corrected chi connectivity index (χ1v) is 12.3. The molecular weight excluding hydrogens is 418 g/mol. The van der Waals surface area contributed by atoms with Gasteiger partial charge in [-0.1, -0.05) is 33.8 Å². The Morgan fingerprint density at radius 1 is 1.18 bits per heavy atom. The molecule has 0 aromatic heterocycles. The third kappa shape index (κ3) is 7.91. The molecule has 0 aliphatic carbocycles. The predicted molar refractivity (Wildman–Crippen MR) is 131 cm³/mol. The third-order valence-corrected chi connectivity index (χ3v) is 5.92. The number of nitrogens with zero attached hydrogens (tertiary/aromatic N) is 2. The van der Waals surface area contributed by atoms with Gasteiger partial charge in [-0.2, -0.15) is 0 Å². The number of amides is 2. The Bertz CT molecular complexity index is 797. The van der Waals surface area contributed by atoms with Crippen LogP contribution in [0, 0.1) is 5.92 Å². The van der Waals surface area contributed by atoms with Crippen LogP contribution < -0.4 is 5.32 Å². The summed E-state index contributed by atoms with van der Waals surface area (Å²) in [6, 6.07) is 4.44. The van der Waals surface area contributed by atoms with Gasteiger partial charge in [-0.3, -0.25) is 9.69 Å². The summed E-state index contributed by atoms with van der Waals surface area (Å²) < 4.78 is 5.62. The van der Waals surface area contributed by atoms with Crippen molar-refractivity contribution >= 4 is 12.0 Å². The zero-order chi connectivity index (χ0) is 24.8. The molecule has 33 heavy (non-hydrogen) atoms. The van der Waals surface area contributed by atoms with Gasteiger partial charge in [0, 0.05) is 19.0 Å². The maximum atomic E-state index is 13.5. The van der Waals surface area contributed by atoms with Gasteiger partial charge >= 0.3 is 6.09 Å². The molecule has 1 aliphatic rings. The molecule has 0 spiro atoms. The Hall–Kier alpha value is -2.28. The van der Waals surface area contributed by atoms with E-state index in [4.69, 9.17) is 4.74 Å². The van der Waals surface area contributed by atoms with Crippen molar-refractivity contribution in [3.05, 3.63) is 29.3 Å². The fraction of sp³-hybridized carbons (Fsp3) is 0.692. The van der Waals surface area contributed by atoms with Crippen LogP contribution in [-0.4, -0.2) is 64.2 Å². The summed E-state index contributed by atoms with van der Waals surface area (Å²) in [6.07, 6.45) is 2.00. The molecular formula is C26H43N3O4. The van der Waals surface area contributed by atoms with Gasteiger partial charge < -0.3 is 20.1 Å². The maximum absolute atomic E-state index is 13.5. The summed E-state index contributed by atoms with van der Waals surface area (Å²) in [5, 5.41) is 13.2. The minimum Gasteiger partial charge on any atom is -0.508 e. The van der Waals surface area contributed by atoms with Gasteiger partial charge in [0.2, 0.25) is 5.91 Å². The van der Waals surface area contributed by atoms with Crippen molar-refractivity contribution < 1.29 is 19.4 Å². The number of carbonyl (C=O) groups is 2. The summed E-state index contributed by atoms with van der Waals surface area (Å²) in [6.45, 7) is 17.0. The molecule has 1 heterocycles. The van der Waals surface area contributed by atoms with Crippen molar-refractivity contribution in [1.29, 1.82) is 0 Å². The largest absolute Gasteiger partial charge is 0.508 e. The summed E-state index contributed by atoms with van der Waals surface area (Å²) in [5.74, 6) is 0.242. The van der Waals surface area contributed by atoms with E-state index in [1.54, 1.807) is 12.1 Å². The number of phenols is 1. The SMILES string of the molecule is CCCN(CCC)C[C@@H](NC(=O)[C@H]1Cc2ccc(O)cc2CN1C(=O)OC(C)(C)C)C(C)C. The van der Waals surface area contributed by atoms with Crippen LogP contribution in [0.2, 0.25) is 0 Å². The van der Waals surface area contributed by atoms with Crippen LogP contribution in [0.3, 0.4) is 0 Å². The van der Waals surface area contributed by atoms with Crippen molar-refractivity contribution in [2.75, 3.05) is 19.6 Å². The van der Waals surface area contributed by atoms with E-state index in [0.717, 1.165) is 43.6 Å². The highest BCUT2D eigenvalue weighted by atomic mass is 16.6. The lowest BCUT2D eigenvalue weighted by Gasteiger charge is -2.38. The van der Waals surface area contributed by atoms with Crippen LogP contribution in [0.5, 0.6) is 5.75 Å². The number of ether oxygens (including phenoxy) is 1. The van der Waals surface area contributed by atoms with E-state index in [-0.39, 0.29) is 30.2 Å². The van der Waals surface area contributed by atoms with Crippen LogP contribution in [-0.2, 0) is 22.5 Å². The lowest BCUT2D eigenvalue weighted by molar-refractivity contribution is -0.128. The molecule has 0 unspecified atom stereocenters. The summed E-state index contributed by atoms with van der Waals surface area (Å²) in [5.41, 5.74) is 1.13. The van der Waals surface area contributed by atoms with Crippen molar-refractivity contribution in [2.24, 2.45) is 5.92 Å². The standard InChI is InChI=1S/C26H43N3O4/c1-8-12-28(13-9-2)17-22(18(3)4)27-24(31)23-15-19-10-11-21(30)14-20(19)16-29(23)25(32)33-26(5,6)7/h10-11,14,18,22-23,30H,8-9,12-13,15-17H2,1-7H3,(H,27,31)/t22-,23-/m1/s1. The average molecular weight is 462 g/mol. The van der Waals surface area contributed by atoms with Gasteiger partial charge in [0.15, 0.2) is 0 Å². The van der Waals surface area contributed by atoms with Crippen molar-refractivity contribution in [2.45, 2.75) is 92.0 Å². The Labute approximate surface area is 199 Å². The summed E-state index contributed by atoms with van der Waals surface area (Å²) >= 11 is 0. The molecule has 7 nitrogen and oxygen atoms in total. The van der Waals surface area contributed by atoms with Gasteiger partial charge in [-0.05, 0) is 75.9 Å². The highest BCUT2D eigenvalue weighted by Crippen LogP contribution is 2.28. The second kappa shape index (κ2) is 11.7. The van der Waals surface area contributed by atoms with Crippen LogP contribution in [0.15, 0.2) is 18.2 Å². The normalized spacial score (nSPS) is 17.1. The number of carbonyl (C=O) groups excluding carboxylic acids is 2. The van der Waals surface area contributed by atoms with Crippen molar-refractivity contribution in [3.63, 3.8) is 0 Å².